The summed E-state index contributed by atoms with van der Waals surface area (Å²) in [4.78, 5) is 13.8. The lowest BCUT2D eigenvalue weighted by Crippen LogP contribution is -2.38. The Balaban J connectivity index is 2.02. The predicted octanol–water partition coefficient (Wildman–Crippen LogP) is 1.93. The van der Waals surface area contributed by atoms with Crippen molar-refractivity contribution in [2.45, 2.75) is 19.4 Å². The Labute approximate surface area is 108 Å². The summed E-state index contributed by atoms with van der Waals surface area (Å²) in [5, 5.41) is 9.32. The second-order valence-electron chi connectivity index (χ2n) is 4.79. The number of benzene rings is 1. The van der Waals surface area contributed by atoms with Gasteiger partial charge in [-0.2, -0.15) is 0 Å². The molecule has 0 radical (unpaired) electrons. The van der Waals surface area contributed by atoms with E-state index in [1.807, 2.05) is 36.4 Å². The van der Waals surface area contributed by atoms with Crippen LogP contribution in [0.4, 0.5) is 0 Å². The van der Waals surface area contributed by atoms with Gasteiger partial charge in [0.2, 0.25) is 5.91 Å². The number of hydrogen-bond acceptors (Lipinski definition) is 2. The van der Waals surface area contributed by atoms with E-state index in [-0.39, 0.29) is 18.6 Å². The van der Waals surface area contributed by atoms with E-state index in [1.165, 1.54) is 0 Å². The van der Waals surface area contributed by atoms with Crippen LogP contribution in [0.2, 0.25) is 0 Å². The molecule has 3 nitrogen and oxygen atoms in total. The fourth-order valence-electron chi connectivity index (χ4n) is 2.39. The standard InChI is InChI=1S/C15H19NO2/c1-12-9-10-16(14(12)11-17)15(18)8-7-13-5-3-2-4-6-13/h2-8,12,14,17H,9-11H2,1H3/b8-7+. The van der Waals surface area contributed by atoms with Crippen LogP contribution >= 0.6 is 0 Å². The topological polar surface area (TPSA) is 40.5 Å². The van der Waals surface area contributed by atoms with Crippen LogP contribution in [-0.4, -0.2) is 35.1 Å². The second-order valence-corrected chi connectivity index (χ2v) is 4.79. The quantitative estimate of drug-likeness (QED) is 0.827. The van der Waals surface area contributed by atoms with Crippen LogP contribution in [0, 0.1) is 5.92 Å². The molecule has 1 fully saturated rings. The number of nitrogens with zero attached hydrogens (tertiary/aromatic N) is 1. The van der Waals surface area contributed by atoms with Crippen LogP contribution in [0.5, 0.6) is 0 Å². The van der Waals surface area contributed by atoms with Crippen molar-refractivity contribution in [3.8, 4) is 0 Å². The van der Waals surface area contributed by atoms with E-state index in [1.54, 1.807) is 11.0 Å². The summed E-state index contributed by atoms with van der Waals surface area (Å²) in [6, 6.07) is 9.72. The van der Waals surface area contributed by atoms with Crippen molar-refractivity contribution in [1.29, 1.82) is 0 Å². The maximum Gasteiger partial charge on any atom is 0.246 e. The van der Waals surface area contributed by atoms with Gasteiger partial charge in [0, 0.05) is 12.6 Å². The number of likely N-dealkylation sites (tertiary alicyclic amines) is 1. The van der Waals surface area contributed by atoms with Gasteiger partial charge in [-0.3, -0.25) is 4.79 Å². The van der Waals surface area contributed by atoms with Gasteiger partial charge in [-0.05, 0) is 24.0 Å². The van der Waals surface area contributed by atoms with Gasteiger partial charge in [0.25, 0.3) is 0 Å². The molecule has 1 aromatic carbocycles. The zero-order valence-corrected chi connectivity index (χ0v) is 10.6. The molecule has 18 heavy (non-hydrogen) atoms. The highest BCUT2D eigenvalue weighted by Gasteiger charge is 2.32. The molecule has 1 saturated heterocycles. The van der Waals surface area contributed by atoms with Crippen molar-refractivity contribution in [3.63, 3.8) is 0 Å². The Kier molecular flexibility index (Phi) is 4.15. The molecular weight excluding hydrogens is 226 g/mol. The van der Waals surface area contributed by atoms with E-state index >= 15 is 0 Å². The highest BCUT2D eigenvalue weighted by Crippen LogP contribution is 2.23. The van der Waals surface area contributed by atoms with Crippen molar-refractivity contribution in [1.82, 2.24) is 4.90 Å². The summed E-state index contributed by atoms with van der Waals surface area (Å²) in [5.41, 5.74) is 1.01. The van der Waals surface area contributed by atoms with Crippen LogP contribution in [0.15, 0.2) is 36.4 Å². The molecule has 1 N–H and O–H groups in total. The van der Waals surface area contributed by atoms with Crippen molar-refractivity contribution < 1.29 is 9.90 Å². The molecule has 3 heteroatoms. The molecular formula is C15H19NO2. The molecule has 2 rings (SSSR count). The smallest absolute Gasteiger partial charge is 0.246 e. The normalized spacial score (nSPS) is 23.8. The largest absolute Gasteiger partial charge is 0.394 e. The van der Waals surface area contributed by atoms with Crippen molar-refractivity contribution in [2.24, 2.45) is 5.92 Å². The number of carbonyl (C=O) groups is 1. The van der Waals surface area contributed by atoms with Crippen molar-refractivity contribution in [2.75, 3.05) is 13.2 Å². The highest BCUT2D eigenvalue weighted by atomic mass is 16.3. The SMILES string of the molecule is CC1CCN(C(=O)/C=C/c2ccccc2)C1CO. The third-order valence-corrected chi connectivity index (χ3v) is 3.57. The first-order valence-corrected chi connectivity index (χ1v) is 6.37. The van der Waals surface area contributed by atoms with E-state index in [4.69, 9.17) is 0 Å². The van der Waals surface area contributed by atoms with Crippen LogP contribution < -0.4 is 0 Å². The molecule has 1 amide bonds. The Morgan fingerprint density at radius 1 is 1.44 bits per heavy atom. The first-order valence-electron chi connectivity index (χ1n) is 6.37. The molecule has 96 valence electrons. The number of hydrogen-bond donors (Lipinski definition) is 1. The summed E-state index contributed by atoms with van der Waals surface area (Å²) < 4.78 is 0. The van der Waals surface area contributed by atoms with Gasteiger partial charge >= 0.3 is 0 Å². The van der Waals surface area contributed by atoms with Gasteiger partial charge in [0.15, 0.2) is 0 Å². The average molecular weight is 245 g/mol. The van der Waals surface area contributed by atoms with Crippen molar-refractivity contribution >= 4 is 12.0 Å². The Bertz CT molecular complexity index is 427. The Morgan fingerprint density at radius 3 is 2.83 bits per heavy atom. The molecule has 2 atom stereocenters. The zero-order chi connectivity index (χ0) is 13.0. The maximum absolute atomic E-state index is 12.1. The molecule has 1 aromatic rings. The number of carbonyl (C=O) groups excluding carboxylic acids is 1. The van der Waals surface area contributed by atoms with Crippen molar-refractivity contribution in [3.05, 3.63) is 42.0 Å². The number of aliphatic hydroxyl groups is 1. The lowest BCUT2D eigenvalue weighted by Gasteiger charge is -2.23. The average Bonchev–Trinajstić information content (AvgIpc) is 2.78. The van der Waals surface area contributed by atoms with Gasteiger partial charge in [-0.15, -0.1) is 0 Å². The van der Waals surface area contributed by atoms with E-state index in [0.717, 1.165) is 18.5 Å². The molecule has 0 saturated carbocycles. The van der Waals surface area contributed by atoms with E-state index in [9.17, 15) is 9.90 Å². The number of aliphatic hydroxyl groups excluding tert-OH is 1. The predicted molar refractivity (Wildman–Crippen MR) is 71.8 cm³/mol. The van der Waals surface area contributed by atoms with Gasteiger partial charge < -0.3 is 10.0 Å². The van der Waals surface area contributed by atoms with Crippen LogP contribution in [0.1, 0.15) is 18.9 Å². The minimum absolute atomic E-state index is 0.0118. The third kappa shape index (κ3) is 2.79. The number of amides is 1. The van der Waals surface area contributed by atoms with E-state index in [0.29, 0.717) is 5.92 Å². The lowest BCUT2D eigenvalue weighted by atomic mass is 10.0. The first-order chi connectivity index (χ1) is 8.72. The van der Waals surface area contributed by atoms with Gasteiger partial charge in [0.05, 0.1) is 12.6 Å². The molecule has 2 unspecified atom stereocenters. The van der Waals surface area contributed by atoms with Gasteiger partial charge in [0.1, 0.15) is 0 Å². The molecule has 0 aliphatic carbocycles. The van der Waals surface area contributed by atoms with E-state index < -0.39 is 0 Å². The van der Waals surface area contributed by atoms with Gasteiger partial charge in [-0.1, -0.05) is 37.3 Å². The lowest BCUT2D eigenvalue weighted by molar-refractivity contribution is -0.127. The summed E-state index contributed by atoms with van der Waals surface area (Å²) in [7, 11) is 0. The monoisotopic (exact) mass is 245 g/mol. The Hall–Kier alpha value is -1.61. The fraction of sp³-hybridized carbons (Fsp3) is 0.400. The van der Waals surface area contributed by atoms with E-state index in [2.05, 4.69) is 6.92 Å². The van der Waals surface area contributed by atoms with Gasteiger partial charge in [-0.25, -0.2) is 0 Å². The highest BCUT2D eigenvalue weighted by molar-refractivity contribution is 5.92. The molecule has 1 aliphatic heterocycles. The summed E-state index contributed by atoms with van der Waals surface area (Å²) in [6.45, 7) is 2.87. The molecule has 1 heterocycles. The fourth-order valence-corrected chi connectivity index (χ4v) is 2.39. The first kappa shape index (κ1) is 12.8. The number of rotatable bonds is 3. The van der Waals surface area contributed by atoms with Crippen LogP contribution in [-0.2, 0) is 4.79 Å². The maximum atomic E-state index is 12.1. The molecule has 0 spiro atoms. The second kappa shape index (κ2) is 5.83. The summed E-state index contributed by atoms with van der Waals surface area (Å²) in [6.07, 6.45) is 4.38. The third-order valence-electron chi connectivity index (χ3n) is 3.57. The van der Waals surface area contributed by atoms with Crippen LogP contribution in [0.25, 0.3) is 6.08 Å². The minimum Gasteiger partial charge on any atom is -0.394 e. The molecule has 0 bridgehead atoms. The van der Waals surface area contributed by atoms with Crippen LogP contribution in [0.3, 0.4) is 0 Å². The Morgan fingerprint density at radius 2 is 2.17 bits per heavy atom. The molecule has 0 aromatic heterocycles. The summed E-state index contributed by atoms with van der Waals surface area (Å²) in [5.74, 6) is 0.367. The zero-order valence-electron chi connectivity index (χ0n) is 10.6. The summed E-state index contributed by atoms with van der Waals surface area (Å²) >= 11 is 0. The minimum atomic E-state index is -0.0297. The molecule has 1 aliphatic rings.